The van der Waals surface area contributed by atoms with E-state index in [1.54, 1.807) is 28.9 Å². The van der Waals surface area contributed by atoms with Crippen molar-refractivity contribution in [1.29, 1.82) is 0 Å². The summed E-state index contributed by atoms with van der Waals surface area (Å²) in [4.78, 5) is 13.1. The van der Waals surface area contributed by atoms with Crippen LogP contribution < -0.4 is 10.6 Å². The average Bonchev–Trinajstić information content (AvgIpc) is 3.10. The van der Waals surface area contributed by atoms with Gasteiger partial charge in [-0.05, 0) is 59.3 Å². The fourth-order valence-corrected chi connectivity index (χ4v) is 3.57. The van der Waals surface area contributed by atoms with E-state index in [1.807, 2.05) is 31.2 Å². The molecule has 1 amide bonds. The van der Waals surface area contributed by atoms with Gasteiger partial charge < -0.3 is 10.6 Å². The van der Waals surface area contributed by atoms with E-state index in [-0.39, 0.29) is 5.91 Å². The number of rotatable bonds is 3. The van der Waals surface area contributed by atoms with Crippen LogP contribution in [-0.4, -0.2) is 26.1 Å². The SMILES string of the molecule is CC1=C(C(=O)Nc2ccc(Cl)cc2)[C@H](c2cccc(Br)c2)n2nnnc2N1. The molecule has 0 bridgehead atoms. The first-order chi connectivity index (χ1) is 13.0. The van der Waals surface area contributed by atoms with Gasteiger partial charge in [0, 0.05) is 20.9 Å². The normalized spacial score (nSPS) is 15.9. The number of hydrogen-bond acceptors (Lipinski definition) is 5. The fraction of sp³-hybridized carbons (Fsp3) is 0.111. The monoisotopic (exact) mass is 444 g/mol. The zero-order valence-electron chi connectivity index (χ0n) is 14.1. The summed E-state index contributed by atoms with van der Waals surface area (Å²) in [6.07, 6.45) is 0. The number of tetrazole rings is 1. The Morgan fingerprint density at radius 3 is 2.78 bits per heavy atom. The van der Waals surface area contributed by atoms with Gasteiger partial charge in [-0.25, -0.2) is 0 Å². The number of anilines is 2. The predicted molar refractivity (Wildman–Crippen MR) is 107 cm³/mol. The van der Waals surface area contributed by atoms with Crippen LogP contribution >= 0.6 is 27.5 Å². The van der Waals surface area contributed by atoms with Crippen molar-refractivity contribution in [2.45, 2.75) is 13.0 Å². The van der Waals surface area contributed by atoms with E-state index in [0.717, 1.165) is 10.0 Å². The lowest BCUT2D eigenvalue weighted by molar-refractivity contribution is -0.113. The van der Waals surface area contributed by atoms with Gasteiger partial charge in [0.05, 0.1) is 5.57 Å². The second-order valence-electron chi connectivity index (χ2n) is 6.03. The van der Waals surface area contributed by atoms with Gasteiger partial charge in [0.25, 0.3) is 5.91 Å². The molecule has 7 nitrogen and oxygen atoms in total. The summed E-state index contributed by atoms with van der Waals surface area (Å²) in [5, 5.41) is 18.4. The van der Waals surface area contributed by atoms with Gasteiger partial charge in [0.15, 0.2) is 0 Å². The second kappa shape index (κ2) is 7.13. The van der Waals surface area contributed by atoms with E-state index in [9.17, 15) is 4.79 Å². The van der Waals surface area contributed by atoms with Crippen molar-refractivity contribution < 1.29 is 4.79 Å². The average molecular weight is 446 g/mol. The number of amides is 1. The number of fused-ring (bicyclic) bond motifs is 1. The highest BCUT2D eigenvalue weighted by atomic mass is 79.9. The van der Waals surface area contributed by atoms with E-state index in [1.165, 1.54) is 0 Å². The van der Waals surface area contributed by atoms with Crippen LogP contribution in [-0.2, 0) is 4.79 Å². The van der Waals surface area contributed by atoms with Crippen LogP contribution in [0, 0.1) is 0 Å². The Morgan fingerprint density at radius 2 is 2.04 bits per heavy atom. The number of carbonyl (C=O) groups is 1. The molecule has 2 N–H and O–H groups in total. The third kappa shape index (κ3) is 3.45. The summed E-state index contributed by atoms with van der Waals surface area (Å²) in [7, 11) is 0. The summed E-state index contributed by atoms with van der Waals surface area (Å²) in [5.74, 6) is 0.244. The molecule has 1 aromatic heterocycles. The van der Waals surface area contributed by atoms with Crippen molar-refractivity contribution in [2.24, 2.45) is 0 Å². The van der Waals surface area contributed by atoms with Gasteiger partial charge in [-0.2, -0.15) is 4.68 Å². The Kier molecular flexibility index (Phi) is 4.67. The highest BCUT2D eigenvalue weighted by Crippen LogP contribution is 2.35. The lowest BCUT2D eigenvalue weighted by Crippen LogP contribution is -2.31. The molecule has 0 radical (unpaired) electrons. The molecule has 9 heteroatoms. The molecule has 136 valence electrons. The molecule has 2 aromatic carbocycles. The van der Waals surface area contributed by atoms with Crippen molar-refractivity contribution >= 4 is 45.1 Å². The molecule has 3 aromatic rings. The summed E-state index contributed by atoms with van der Waals surface area (Å²) < 4.78 is 2.51. The van der Waals surface area contributed by atoms with Crippen LogP contribution in [0.4, 0.5) is 11.6 Å². The number of carbonyl (C=O) groups excluding carboxylic acids is 1. The van der Waals surface area contributed by atoms with E-state index in [2.05, 4.69) is 42.1 Å². The third-order valence-electron chi connectivity index (χ3n) is 4.23. The predicted octanol–water partition coefficient (Wildman–Crippen LogP) is 4.02. The quantitative estimate of drug-likeness (QED) is 0.636. The Hall–Kier alpha value is -2.71. The van der Waals surface area contributed by atoms with E-state index < -0.39 is 6.04 Å². The first-order valence-electron chi connectivity index (χ1n) is 8.11. The molecule has 2 heterocycles. The number of halogens is 2. The second-order valence-corrected chi connectivity index (χ2v) is 7.38. The maximum atomic E-state index is 13.1. The topological polar surface area (TPSA) is 84.7 Å². The van der Waals surface area contributed by atoms with E-state index in [0.29, 0.717) is 27.9 Å². The molecule has 4 rings (SSSR count). The maximum absolute atomic E-state index is 13.1. The lowest BCUT2D eigenvalue weighted by Gasteiger charge is -2.28. The minimum absolute atomic E-state index is 0.242. The van der Waals surface area contributed by atoms with Gasteiger partial charge in [0.1, 0.15) is 6.04 Å². The summed E-state index contributed by atoms with van der Waals surface area (Å²) in [6.45, 7) is 1.83. The minimum Gasteiger partial charge on any atom is -0.326 e. The van der Waals surface area contributed by atoms with Crippen molar-refractivity contribution in [3.05, 3.63) is 74.9 Å². The number of nitrogens with zero attached hydrogens (tertiary/aromatic N) is 4. The minimum atomic E-state index is -0.457. The number of hydrogen-bond donors (Lipinski definition) is 2. The van der Waals surface area contributed by atoms with Crippen LogP contribution in [0.2, 0.25) is 5.02 Å². The van der Waals surface area contributed by atoms with Gasteiger partial charge in [-0.15, -0.1) is 0 Å². The third-order valence-corrected chi connectivity index (χ3v) is 4.97. The van der Waals surface area contributed by atoms with Crippen LogP contribution in [0.5, 0.6) is 0 Å². The zero-order chi connectivity index (χ0) is 19.0. The van der Waals surface area contributed by atoms with Crippen LogP contribution in [0.1, 0.15) is 18.5 Å². The van der Waals surface area contributed by atoms with Crippen molar-refractivity contribution in [1.82, 2.24) is 20.2 Å². The van der Waals surface area contributed by atoms with Crippen LogP contribution in [0.3, 0.4) is 0 Å². The molecule has 0 aliphatic carbocycles. The Morgan fingerprint density at radius 1 is 1.26 bits per heavy atom. The maximum Gasteiger partial charge on any atom is 0.255 e. The van der Waals surface area contributed by atoms with Gasteiger partial charge in [-0.1, -0.05) is 44.8 Å². The van der Waals surface area contributed by atoms with Crippen molar-refractivity contribution in [3.63, 3.8) is 0 Å². The van der Waals surface area contributed by atoms with Crippen molar-refractivity contribution in [3.8, 4) is 0 Å². The fourth-order valence-electron chi connectivity index (χ4n) is 3.02. The van der Waals surface area contributed by atoms with Gasteiger partial charge in [0.2, 0.25) is 5.95 Å². The molecule has 0 saturated heterocycles. The standard InChI is InChI=1S/C18H14BrClN6O/c1-10-15(17(27)22-14-7-5-13(20)6-8-14)16(11-3-2-4-12(19)9-11)26-18(21-10)23-24-25-26/h2-9,16H,1H3,(H,22,27)(H,21,23,25)/t16-/m0/s1. The number of benzene rings is 2. The number of allylic oxidation sites excluding steroid dienone is 1. The molecule has 1 aliphatic heterocycles. The molecule has 0 unspecified atom stereocenters. The number of nitrogens with one attached hydrogen (secondary N) is 2. The van der Waals surface area contributed by atoms with Crippen LogP contribution in [0.15, 0.2) is 64.3 Å². The van der Waals surface area contributed by atoms with E-state index >= 15 is 0 Å². The van der Waals surface area contributed by atoms with Crippen molar-refractivity contribution in [2.75, 3.05) is 10.6 Å². The first kappa shape index (κ1) is 17.7. The Labute approximate surface area is 168 Å². The molecule has 0 spiro atoms. The van der Waals surface area contributed by atoms with Gasteiger partial charge >= 0.3 is 0 Å². The molecule has 27 heavy (non-hydrogen) atoms. The molecule has 1 aliphatic rings. The highest BCUT2D eigenvalue weighted by Gasteiger charge is 2.34. The van der Waals surface area contributed by atoms with E-state index in [4.69, 9.17) is 11.6 Å². The lowest BCUT2D eigenvalue weighted by atomic mass is 9.95. The van der Waals surface area contributed by atoms with Gasteiger partial charge in [-0.3, -0.25) is 4.79 Å². The molecule has 1 atom stereocenters. The smallest absolute Gasteiger partial charge is 0.255 e. The first-order valence-corrected chi connectivity index (χ1v) is 9.28. The summed E-state index contributed by atoms with van der Waals surface area (Å²) >= 11 is 9.41. The van der Waals surface area contributed by atoms with Crippen LogP contribution in [0.25, 0.3) is 0 Å². The largest absolute Gasteiger partial charge is 0.326 e. The number of aromatic nitrogens is 4. The zero-order valence-corrected chi connectivity index (χ0v) is 16.5. The highest BCUT2D eigenvalue weighted by molar-refractivity contribution is 9.10. The molecule has 0 saturated carbocycles. The Balaban J connectivity index is 1.76. The molecule has 0 fully saturated rings. The Bertz CT molecular complexity index is 1050. The molecular formula is C18H14BrClN6O. The summed E-state index contributed by atoms with van der Waals surface area (Å²) in [6, 6.07) is 14.2. The summed E-state index contributed by atoms with van der Waals surface area (Å²) in [5.41, 5.74) is 2.76. The molecular weight excluding hydrogens is 432 g/mol.